The smallest absolute Gasteiger partial charge is 0.261 e. The third-order valence-electron chi connectivity index (χ3n) is 4.64. The zero-order chi connectivity index (χ0) is 22.7. The molecule has 0 bridgehead atoms. The van der Waals surface area contributed by atoms with Gasteiger partial charge in [0.1, 0.15) is 5.75 Å². The predicted molar refractivity (Wildman–Crippen MR) is 127 cm³/mol. The monoisotopic (exact) mass is 467 g/mol. The number of aryl methyl sites for hydroxylation is 1. The van der Waals surface area contributed by atoms with Gasteiger partial charge in [-0.05, 0) is 67.9 Å². The first kappa shape index (κ1) is 21.8. The Bertz CT molecular complexity index is 1370. The number of sulfonamides is 1. The number of carbonyl (C=O) groups excluding carboxylic acids is 1. The molecule has 0 spiro atoms. The molecule has 4 rings (SSSR count). The average molecular weight is 468 g/mol. The second-order valence-corrected chi connectivity index (χ2v) is 9.70. The molecule has 0 atom stereocenters. The van der Waals surface area contributed by atoms with E-state index < -0.39 is 10.0 Å². The zero-order valence-electron chi connectivity index (χ0n) is 17.5. The molecule has 1 aromatic heterocycles. The number of carbonyl (C=O) groups is 1. The summed E-state index contributed by atoms with van der Waals surface area (Å²) in [5.74, 6) is 0.359. The number of benzene rings is 3. The van der Waals surface area contributed by atoms with Gasteiger partial charge in [-0.2, -0.15) is 0 Å². The van der Waals surface area contributed by atoms with E-state index >= 15 is 0 Å². The van der Waals surface area contributed by atoms with E-state index in [-0.39, 0.29) is 10.8 Å². The second-order valence-electron chi connectivity index (χ2n) is 6.99. The lowest BCUT2D eigenvalue weighted by Crippen LogP contribution is -2.13. The van der Waals surface area contributed by atoms with Crippen molar-refractivity contribution >= 4 is 48.3 Å². The van der Waals surface area contributed by atoms with Crippen LogP contribution in [0.4, 0.5) is 10.8 Å². The van der Waals surface area contributed by atoms with Crippen molar-refractivity contribution in [3.8, 4) is 5.75 Å². The van der Waals surface area contributed by atoms with Crippen molar-refractivity contribution in [2.24, 2.45) is 0 Å². The minimum absolute atomic E-state index is 0.138. The summed E-state index contributed by atoms with van der Waals surface area (Å²) in [5, 5.41) is 3.25. The molecule has 2 N–H and O–H groups in total. The summed E-state index contributed by atoms with van der Waals surface area (Å²) in [5.41, 5.74) is 2.46. The molecule has 0 aliphatic heterocycles. The number of aromatic nitrogens is 1. The van der Waals surface area contributed by atoms with Crippen LogP contribution in [0.15, 0.2) is 71.6 Å². The maximum absolute atomic E-state index is 12.8. The SMILES string of the molecule is CCOc1ccc(S(=O)(=O)Nc2cc(C)c3nc(NC(=O)c4ccccc4)sc3c2)cc1. The van der Waals surface area contributed by atoms with Gasteiger partial charge in [-0.3, -0.25) is 14.8 Å². The predicted octanol–water partition coefficient (Wildman–Crippen LogP) is 5.06. The lowest BCUT2D eigenvalue weighted by atomic mass is 10.2. The number of ether oxygens (including phenoxy) is 1. The Hall–Kier alpha value is -3.43. The summed E-state index contributed by atoms with van der Waals surface area (Å²) in [7, 11) is -3.77. The van der Waals surface area contributed by atoms with Gasteiger partial charge in [-0.1, -0.05) is 29.5 Å². The van der Waals surface area contributed by atoms with Crippen LogP contribution in [0.5, 0.6) is 5.75 Å². The summed E-state index contributed by atoms with van der Waals surface area (Å²) < 4.78 is 34.4. The van der Waals surface area contributed by atoms with Crippen LogP contribution in [0.3, 0.4) is 0 Å². The van der Waals surface area contributed by atoms with E-state index in [4.69, 9.17) is 4.74 Å². The first-order chi connectivity index (χ1) is 15.4. The van der Waals surface area contributed by atoms with Crippen LogP contribution >= 0.6 is 11.3 Å². The largest absolute Gasteiger partial charge is 0.494 e. The molecule has 0 unspecified atom stereocenters. The molecule has 32 heavy (non-hydrogen) atoms. The normalized spacial score (nSPS) is 11.3. The highest BCUT2D eigenvalue weighted by Crippen LogP contribution is 2.32. The molecule has 0 radical (unpaired) electrons. The van der Waals surface area contributed by atoms with Crippen LogP contribution < -0.4 is 14.8 Å². The summed E-state index contributed by atoms with van der Waals surface area (Å²) in [4.78, 5) is 17.0. The fourth-order valence-electron chi connectivity index (χ4n) is 3.16. The molecular weight excluding hydrogens is 446 g/mol. The highest BCUT2D eigenvalue weighted by atomic mass is 32.2. The Morgan fingerprint density at radius 2 is 1.78 bits per heavy atom. The fraction of sp³-hybridized carbons (Fsp3) is 0.130. The van der Waals surface area contributed by atoms with E-state index in [9.17, 15) is 13.2 Å². The number of nitrogens with zero attached hydrogens (tertiary/aromatic N) is 1. The van der Waals surface area contributed by atoms with Gasteiger partial charge in [0.15, 0.2) is 5.13 Å². The number of hydrogen-bond donors (Lipinski definition) is 2. The Labute approximate surface area is 190 Å². The van der Waals surface area contributed by atoms with Crippen molar-refractivity contribution in [2.45, 2.75) is 18.7 Å². The van der Waals surface area contributed by atoms with Crippen molar-refractivity contribution in [2.75, 3.05) is 16.6 Å². The molecule has 1 heterocycles. The molecule has 0 aliphatic carbocycles. The third-order valence-corrected chi connectivity index (χ3v) is 6.95. The van der Waals surface area contributed by atoms with Crippen LogP contribution in [-0.4, -0.2) is 25.9 Å². The Kier molecular flexibility index (Phi) is 6.11. The Balaban J connectivity index is 1.57. The lowest BCUT2D eigenvalue weighted by molar-refractivity contribution is 0.102. The number of thiazole rings is 1. The lowest BCUT2D eigenvalue weighted by Gasteiger charge is -2.10. The Morgan fingerprint density at radius 1 is 1.06 bits per heavy atom. The number of anilines is 2. The van der Waals surface area contributed by atoms with Gasteiger partial charge in [0, 0.05) is 5.56 Å². The molecule has 0 saturated heterocycles. The van der Waals surface area contributed by atoms with Gasteiger partial charge in [-0.25, -0.2) is 13.4 Å². The van der Waals surface area contributed by atoms with Crippen molar-refractivity contribution in [1.82, 2.24) is 4.98 Å². The molecular formula is C23H21N3O4S2. The summed E-state index contributed by atoms with van der Waals surface area (Å²) in [6.07, 6.45) is 0. The van der Waals surface area contributed by atoms with Crippen LogP contribution in [0.1, 0.15) is 22.8 Å². The van der Waals surface area contributed by atoms with Gasteiger partial charge in [0.25, 0.3) is 15.9 Å². The van der Waals surface area contributed by atoms with Crippen molar-refractivity contribution < 1.29 is 17.9 Å². The summed E-state index contributed by atoms with van der Waals surface area (Å²) in [6.45, 7) is 4.22. The maximum atomic E-state index is 12.8. The second kappa shape index (κ2) is 8.97. The average Bonchev–Trinajstić information content (AvgIpc) is 3.17. The van der Waals surface area contributed by atoms with Gasteiger partial charge < -0.3 is 4.74 Å². The Morgan fingerprint density at radius 3 is 2.47 bits per heavy atom. The van der Waals surface area contributed by atoms with Crippen molar-refractivity contribution in [1.29, 1.82) is 0 Å². The molecule has 0 fully saturated rings. The van der Waals surface area contributed by atoms with Crippen molar-refractivity contribution in [3.63, 3.8) is 0 Å². The quantitative estimate of drug-likeness (QED) is 0.396. The summed E-state index contributed by atoms with van der Waals surface area (Å²) in [6, 6.07) is 18.6. The van der Waals surface area contributed by atoms with Gasteiger partial charge in [-0.15, -0.1) is 0 Å². The molecule has 0 saturated carbocycles. The fourth-order valence-corrected chi connectivity index (χ4v) is 5.18. The number of hydrogen-bond acceptors (Lipinski definition) is 6. The first-order valence-electron chi connectivity index (χ1n) is 9.89. The van der Waals surface area contributed by atoms with Crippen LogP contribution in [0.2, 0.25) is 0 Å². The highest BCUT2D eigenvalue weighted by Gasteiger charge is 2.17. The van der Waals surface area contributed by atoms with E-state index in [0.29, 0.717) is 34.3 Å². The van der Waals surface area contributed by atoms with Gasteiger partial charge in [0.05, 0.1) is 27.4 Å². The molecule has 0 aliphatic rings. The van der Waals surface area contributed by atoms with Crippen LogP contribution in [0.25, 0.3) is 10.2 Å². The molecule has 3 aromatic carbocycles. The summed E-state index contributed by atoms with van der Waals surface area (Å²) >= 11 is 1.28. The molecule has 4 aromatic rings. The molecule has 7 nitrogen and oxygen atoms in total. The van der Waals surface area contributed by atoms with Gasteiger partial charge >= 0.3 is 0 Å². The number of nitrogens with one attached hydrogen (secondary N) is 2. The van der Waals surface area contributed by atoms with Crippen LogP contribution in [0, 0.1) is 6.92 Å². The maximum Gasteiger partial charge on any atom is 0.261 e. The van der Waals surface area contributed by atoms with E-state index in [0.717, 1.165) is 10.3 Å². The van der Waals surface area contributed by atoms with Gasteiger partial charge in [0.2, 0.25) is 0 Å². The number of amides is 1. The minimum atomic E-state index is -3.77. The topological polar surface area (TPSA) is 97.4 Å². The third kappa shape index (κ3) is 4.74. The standard InChI is InChI=1S/C23H21N3O4S2/c1-3-30-18-9-11-19(12-10-18)32(28,29)26-17-13-15(2)21-20(14-17)31-23(24-21)25-22(27)16-7-5-4-6-8-16/h4-14,26H,3H2,1-2H3,(H,24,25,27). The van der Waals surface area contributed by atoms with E-state index in [1.807, 2.05) is 19.9 Å². The highest BCUT2D eigenvalue weighted by molar-refractivity contribution is 7.92. The van der Waals surface area contributed by atoms with Crippen molar-refractivity contribution in [3.05, 3.63) is 77.9 Å². The van der Waals surface area contributed by atoms with E-state index in [1.165, 1.54) is 23.5 Å². The van der Waals surface area contributed by atoms with E-state index in [2.05, 4.69) is 15.0 Å². The number of fused-ring (bicyclic) bond motifs is 1. The number of rotatable bonds is 7. The van der Waals surface area contributed by atoms with E-state index in [1.54, 1.807) is 48.5 Å². The molecule has 1 amide bonds. The molecule has 164 valence electrons. The first-order valence-corrected chi connectivity index (χ1v) is 12.2. The minimum Gasteiger partial charge on any atom is -0.494 e. The molecule has 9 heteroatoms. The zero-order valence-corrected chi connectivity index (χ0v) is 19.1. The van der Waals surface area contributed by atoms with Crippen LogP contribution in [-0.2, 0) is 10.0 Å².